The largest absolute Gasteiger partial charge is 0.466 e. The SMILES string of the molecule is COC(=O)/C=C/c1ccc(N2CCCCC(SC)C2)c([N+](=O)[O-])c1. The first kappa shape index (κ1) is 18.3. The number of esters is 1. The lowest BCUT2D eigenvalue weighted by Crippen LogP contribution is -2.30. The summed E-state index contributed by atoms with van der Waals surface area (Å²) >= 11 is 1.81. The molecular weight excluding hydrogens is 328 g/mol. The summed E-state index contributed by atoms with van der Waals surface area (Å²) in [5.74, 6) is -0.489. The number of hydrogen-bond donors (Lipinski definition) is 0. The number of ether oxygens (including phenoxy) is 1. The van der Waals surface area contributed by atoms with Crippen LogP contribution in [0.1, 0.15) is 24.8 Å². The standard InChI is InChI=1S/C17H22N2O4S/c1-23-17(20)9-7-13-6-8-15(16(11-13)19(21)22)18-10-4-3-5-14(12-18)24-2/h6-9,11,14H,3-5,10,12H2,1-2H3/b9-7+. The molecule has 0 amide bonds. The van der Waals surface area contributed by atoms with Crippen LogP contribution < -0.4 is 4.90 Å². The Morgan fingerprint density at radius 1 is 1.46 bits per heavy atom. The summed E-state index contributed by atoms with van der Waals surface area (Å²) in [6, 6.07) is 5.08. The molecule has 0 spiro atoms. The van der Waals surface area contributed by atoms with E-state index in [0.717, 1.165) is 32.4 Å². The van der Waals surface area contributed by atoms with E-state index in [1.165, 1.54) is 25.3 Å². The van der Waals surface area contributed by atoms with Gasteiger partial charge in [0.2, 0.25) is 0 Å². The van der Waals surface area contributed by atoms with Crippen molar-refractivity contribution in [2.75, 3.05) is 31.4 Å². The van der Waals surface area contributed by atoms with Crippen LogP contribution in [0.3, 0.4) is 0 Å². The zero-order valence-corrected chi connectivity index (χ0v) is 14.8. The van der Waals surface area contributed by atoms with Gasteiger partial charge in [0.1, 0.15) is 5.69 Å². The van der Waals surface area contributed by atoms with E-state index in [1.807, 2.05) is 11.8 Å². The van der Waals surface area contributed by atoms with E-state index in [0.29, 0.717) is 16.5 Å². The van der Waals surface area contributed by atoms with E-state index in [2.05, 4.69) is 15.9 Å². The summed E-state index contributed by atoms with van der Waals surface area (Å²) in [7, 11) is 1.29. The summed E-state index contributed by atoms with van der Waals surface area (Å²) in [6.45, 7) is 1.65. The smallest absolute Gasteiger partial charge is 0.330 e. The van der Waals surface area contributed by atoms with Gasteiger partial charge in [-0.2, -0.15) is 11.8 Å². The Morgan fingerprint density at radius 2 is 2.25 bits per heavy atom. The lowest BCUT2D eigenvalue weighted by Gasteiger charge is -2.25. The molecule has 0 aliphatic carbocycles. The van der Waals surface area contributed by atoms with Crippen molar-refractivity contribution in [3.05, 3.63) is 40.0 Å². The van der Waals surface area contributed by atoms with Gasteiger partial charge in [0.25, 0.3) is 5.69 Å². The van der Waals surface area contributed by atoms with Crippen molar-refractivity contribution in [3.63, 3.8) is 0 Å². The number of nitro groups is 1. The highest BCUT2D eigenvalue weighted by Gasteiger charge is 2.24. The highest BCUT2D eigenvalue weighted by Crippen LogP contribution is 2.33. The third-order valence-electron chi connectivity index (χ3n) is 4.11. The first-order chi connectivity index (χ1) is 11.5. The van der Waals surface area contributed by atoms with E-state index in [4.69, 9.17) is 0 Å². The third-order valence-corrected chi connectivity index (χ3v) is 5.16. The minimum absolute atomic E-state index is 0.0729. The predicted molar refractivity (Wildman–Crippen MR) is 97.5 cm³/mol. The van der Waals surface area contributed by atoms with E-state index in [9.17, 15) is 14.9 Å². The Bertz CT molecular complexity index is 633. The van der Waals surface area contributed by atoms with Crippen molar-refractivity contribution < 1.29 is 14.5 Å². The molecule has 0 bridgehead atoms. The maximum atomic E-state index is 11.5. The van der Waals surface area contributed by atoms with E-state index < -0.39 is 5.97 Å². The lowest BCUT2D eigenvalue weighted by molar-refractivity contribution is -0.384. The fraction of sp³-hybridized carbons (Fsp3) is 0.471. The quantitative estimate of drug-likeness (QED) is 0.350. The van der Waals surface area contributed by atoms with Gasteiger partial charge in [0, 0.05) is 30.5 Å². The van der Waals surface area contributed by atoms with Crippen LogP contribution in [0.4, 0.5) is 11.4 Å². The second kappa shape index (κ2) is 8.73. The van der Waals surface area contributed by atoms with Crippen LogP contribution in [0.15, 0.2) is 24.3 Å². The van der Waals surface area contributed by atoms with Gasteiger partial charge in [0.15, 0.2) is 0 Å². The van der Waals surface area contributed by atoms with Crippen LogP contribution in [0.25, 0.3) is 6.08 Å². The molecule has 6 nitrogen and oxygen atoms in total. The topological polar surface area (TPSA) is 72.7 Å². The molecule has 0 radical (unpaired) electrons. The number of nitrogens with zero attached hydrogens (tertiary/aromatic N) is 2. The molecule has 24 heavy (non-hydrogen) atoms. The minimum Gasteiger partial charge on any atom is -0.466 e. The minimum atomic E-state index is -0.489. The fourth-order valence-electron chi connectivity index (χ4n) is 2.80. The van der Waals surface area contributed by atoms with Gasteiger partial charge in [-0.1, -0.05) is 12.5 Å². The maximum absolute atomic E-state index is 11.5. The Hall–Kier alpha value is -2.02. The third kappa shape index (κ3) is 4.74. The Kier molecular flexibility index (Phi) is 6.66. The van der Waals surface area contributed by atoms with Gasteiger partial charge in [-0.15, -0.1) is 0 Å². The van der Waals surface area contributed by atoms with Crippen LogP contribution in [0.5, 0.6) is 0 Å². The van der Waals surface area contributed by atoms with Crippen LogP contribution in [-0.4, -0.2) is 42.6 Å². The number of benzene rings is 1. The highest BCUT2D eigenvalue weighted by atomic mass is 32.2. The monoisotopic (exact) mass is 350 g/mol. The van der Waals surface area contributed by atoms with Crippen molar-refractivity contribution in [2.24, 2.45) is 0 Å². The summed E-state index contributed by atoms with van der Waals surface area (Å²) < 4.78 is 4.54. The molecule has 1 aliphatic rings. The number of thioether (sulfide) groups is 1. The van der Waals surface area contributed by atoms with Crippen molar-refractivity contribution >= 4 is 35.2 Å². The van der Waals surface area contributed by atoms with Gasteiger partial charge in [-0.3, -0.25) is 10.1 Å². The molecule has 1 aromatic rings. The Balaban J connectivity index is 2.30. The van der Waals surface area contributed by atoms with Crippen LogP contribution in [-0.2, 0) is 9.53 Å². The number of nitro benzene ring substituents is 1. The van der Waals surface area contributed by atoms with Crippen molar-refractivity contribution in [1.82, 2.24) is 0 Å². The van der Waals surface area contributed by atoms with Crippen molar-refractivity contribution in [1.29, 1.82) is 0 Å². The average molecular weight is 350 g/mol. The molecule has 1 aromatic carbocycles. The number of anilines is 1. The second-order valence-electron chi connectivity index (χ2n) is 5.66. The molecule has 1 atom stereocenters. The van der Waals surface area contributed by atoms with Crippen LogP contribution in [0, 0.1) is 10.1 Å². The average Bonchev–Trinajstić information content (AvgIpc) is 2.84. The van der Waals surface area contributed by atoms with Gasteiger partial charge in [-0.25, -0.2) is 4.79 Å². The predicted octanol–water partition coefficient (Wildman–Crippen LogP) is 3.50. The van der Waals surface area contributed by atoms with E-state index >= 15 is 0 Å². The number of carbonyl (C=O) groups is 1. The molecule has 0 saturated carbocycles. The first-order valence-corrected chi connectivity index (χ1v) is 9.16. The molecule has 1 unspecified atom stereocenters. The first-order valence-electron chi connectivity index (χ1n) is 7.87. The van der Waals surface area contributed by atoms with Crippen molar-refractivity contribution in [3.8, 4) is 0 Å². The van der Waals surface area contributed by atoms with Gasteiger partial charge >= 0.3 is 5.97 Å². The summed E-state index contributed by atoms with van der Waals surface area (Å²) in [5, 5.41) is 12.0. The normalized spacial score (nSPS) is 18.4. The van der Waals surface area contributed by atoms with Gasteiger partial charge in [0.05, 0.1) is 12.0 Å². The maximum Gasteiger partial charge on any atom is 0.330 e. The van der Waals surface area contributed by atoms with Crippen LogP contribution in [0.2, 0.25) is 0 Å². The number of methoxy groups -OCH3 is 1. The van der Waals surface area contributed by atoms with E-state index in [1.54, 1.807) is 12.1 Å². The zero-order valence-electron chi connectivity index (χ0n) is 13.9. The Morgan fingerprint density at radius 3 is 2.92 bits per heavy atom. The fourth-order valence-corrected chi connectivity index (χ4v) is 3.54. The molecule has 2 rings (SSSR count). The summed E-state index contributed by atoms with van der Waals surface area (Å²) in [5.41, 5.74) is 1.33. The number of hydrogen-bond acceptors (Lipinski definition) is 6. The number of carbonyl (C=O) groups excluding carboxylic acids is 1. The lowest BCUT2D eigenvalue weighted by atomic mass is 10.1. The number of rotatable bonds is 5. The second-order valence-corrected chi connectivity index (χ2v) is 6.80. The van der Waals surface area contributed by atoms with Gasteiger partial charge < -0.3 is 9.64 Å². The van der Waals surface area contributed by atoms with Crippen LogP contribution >= 0.6 is 11.8 Å². The molecule has 1 fully saturated rings. The molecule has 0 aromatic heterocycles. The zero-order chi connectivity index (χ0) is 17.5. The molecular formula is C17H22N2O4S. The highest BCUT2D eigenvalue weighted by molar-refractivity contribution is 7.99. The molecule has 1 heterocycles. The Labute approximate surface area is 146 Å². The summed E-state index contributed by atoms with van der Waals surface area (Å²) in [4.78, 5) is 24.4. The molecule has 1 saturated heterocycles. The molecule has 130 valence electrons. The van der Waals surface area contributed by atoms with Crippen molar-refractivity contribution in [2.45, 2.75) is 24.5 Å². The summed E-state index contributed by atoms with van der Waals surface area (Å²) in [6.07, 6.45) is 8.20. The molecule has 0 N–H and O–H groups in total. The van der Waals surface area contributed by atoms with Gasteiger partial charge in [-0.05, 0) is 36.8 Å². The molecule has 1 aliphatic heterocycles. The van der Waals surface area contributed by atoms with E-state index in [-0.39, 0.29) is 10.6 Å². The molecule has 7 heteroatoms.